The zero-order chi connectivity index (χ0) is 28.9. The van der Waals surface area contributed by atoms with Crippen LogP contribution in [0.1, 0.15) is 86.7 Å². The van der Waals surface area contributed by atoms with Gasteiger partial charge in [0, 0.05) is 5.56 Å². The third kappa shape index (κ3) is 11.5. The van der Waals surface area contributed by atoms with Crippen molar-refractivity contribution in [1.29, 1.82) is 0 Å². The van der Waals surface area contributed by atoms with E-state index >= 15 is 0 Å². The second-order valence-corrected chi connectivity index (χ2v) is 12.0. The third-order valence-corrected chi connectivity index (χ3v) is 8.56. The number of aliphatic carboxylic acids is 1. The van der Waals surface area contributed by atoms with Crippen LogP contribution in [0.25, 0.3) is 11.1 Å². The Balaban J connectivity index is 0.00000588. The van der Waals surface area contributed by atoms with Crippen LogP contribution in [-0.2, 0) is 20.9 Å². The minimum atomic E-state index is -1.27. The number of amides is 1. The van der Waals surface area contributed by atoms with Crippen molar-refractivity contribution in [3.8, 4) is 11.1 Å². The predicted molar refractivity (Wildman–Crippen MR) is 161 cm³/mol. The van der Waals surface area contributed by atoms with Gasteiger partial charge in [-0.1, -0.05) is 69.4 Å². The molecule has 0 aromatic heterocycles. The average molecular weight is 576 g/mol. The molecule has 1 fully saturated rings. The van der Waals surface area contributed by atoms with E-state index in [9.17, 15) is 14.7 Å². The van der Waals surface area contributed by atoms with Gasteiger partial charge in [-0.05, 0) is 85.4 Å². The summed E-state index contributed by atoms with van der Waals surface area (Å²) in [5.74, 6) is -0.398. The van der Waals surface area contributed by atoms with Gasteiger partial charge in [0.1, 0.15) is 0 Å². The molecule has 2 unspecified atom stereocenters. The SMILES string of the molecule is CCC(C)OCC(CC1CCCCC1)OCc1ccc(C(=O)N[C@@H](CCSC)C(=O)[O-])c(-c2ccccc2C)c1.[Li+]. The maximum Gasteiger partial charge on any atom is 1.00 e. The van der Waals surface area contributed by atoms with E-state index in [-0.39, 0.29) is 31.1 Å². The van der Waals surface area contributed by atoms with E-state index in [1.54, 1.807) is 6.07 Å². The van der Waals surface area contributed by atoms with Crippen molar-refractivity contribution in [2.24, 2.45) is 5.92 Å². The first-order valence-corrected chi connectivity index (χ1v) is 16.1. The zero-order valence-corrected chi connectivity index (χ0v) is 26.4. The maximum absolute atomic E-state index is 13.3. The summed E-state index contributed by atoms with van der Waals surface area (Å²) in [5.41, 5.74) is 4.13. The van der Waals surface area contributed by atoms with Crippen LogP contribution < -0.4 is 29.3 Å². The first-order chi connectivity index (χ1) is 19.3. The molecule has 3 atom stereocenters. The van der Waals surface area contributed by atoms with Crippen LogP contribution in [0.4, 0.5) is 0 Å². The van der Waals surface area contributed by atoms with Crippen molar-refractivity contribution < 1.29 is 43.0 Å². The smallest absolute Gasteiger partial charge is 0.548 e. The van der Waals surface area contributed by atoms with Crippen LogP contribution in [0.3, 0.4) is 0 Å². The molecule has 0 radical (unpaired) electrons. The van der Waals surface area contributed by atoms with Gasteiger partial charge in [-0.25, -0.2) is 0 Å². The van der Waals surface area contributed by atoms with Crippen LogP contribution in [0, 0.1) is 12.8 Å². The predicted octanol–water partition coefficient (Wildman–Crippen LogP) is 2.94. The number of benzene rings is 2. The Hall–Kier alpha value is -1.75. The van der Waals surface area contributed by atoms with Crippen LogP contribution in [0.15, 0.2) is 42.5 Å². The van der Waals surface area contributed by atoms with E-state index in [1.807, 2.05) is 49.6 Å². The van der Waals surface area contributed by atoms with Crippen molar-refractivity contribution in [3.05, 3.63) is 59.2 Å². The summed E-state index contributed by atoms with van der Waals surface area (Å²) in [7, 11) is 0. The van der Waals surface area contributed by atoms with E-state index in [0.717, 1.165) is 35.1 Å². The molecule has 0 bridgehead atoms. The number of hydrogen-bond donors (Lipinski definition) is 1. The average Bonchev–Trinajstić information content (AvgIpc) is 2.96. The van der Waals surface area contributed by atoms with Crippen LogP contribution in [0.2, 0.25) is 0 Å². The molecule has 1 aliphatic rings. The molecule has 1 N–H and O–H groups in total. The molecule has 0 aliphatic heterocycles. The molecule has 8 heteroatoms. The van der Waals surface area contributed by atoms with Crippen molar-refractivity contribution in [1.82, 2.24) is 5.32 Å². The maximum atomic E-state index is 13.3. The summed E-state index contributed by atoms with van der Waals surface area (Å²) in [4.78, 5) is 25.0. The fraction of sp³-hybridized carbons (Fsp3) is 0.576. The molecule has 1 saturated carbocycles. The number of rotatable bonds is 16. The second kappa shape index (κ2) is 18.7. The fourth-order valence-electron chi connectivity index (χ4n) is 5.28. The van der Waals surface area contributed by atoms with E-state index in [2.05, 4.69) is 19.2 Å². The second-order valence-electron chi connectivity index (χ2n) is 11.0. The molecular formula is C33H46LiNO5S. The number of aryl methyl sites for hydroxylation is 1. The Morgan fingerprint density at radius 2 is 1.80 bits per heavy atom. The molecular weight excluding hydrogens is 529 g/mol. The van der Waals surface area contributed by atoms with Gasteiger partial charge in [-0.2, -0.15) is 11.8 Å². The first kappa shape index (κ1) is 35.4. The van der Waals surface area contributed by atoms with Crippen molar-refractivity contribution >= 4 is 23.6 Å². The zero-order valence-electron chi connectivity index (χ0n) is 25.6. The number of nitrogens with one attached hydrogen (secondary N) is 1. The molecule has 1 amide bonds. The number of carboxylic acid groups (broad SMARTS) is 1. The third-order valence-electron chi connectivity index (χ3n) is 7.91. The van der Waals surface area contributed by atoms with Gasteiger partial charge in [-0.3, -0.25) is 4.79 Å². The monoisotopic (exact) mass is 575 g/mol. The Kier molecular flexibility index (Phi) is 16.2. The van der Waals surface area contributed by atoms with Gasteiger partial charge in [-0.15, -0.1) is 0 Å². The van der Waals surface area contributed by atoms with E-state index in [0.29, 0.717) is 36.9 Å². The number of carbonyl (C=O) groups is 2. The summed E-state index contributed by atoms with van der Waals surface area (Å²) in [6.07, 6.45) is 10.8. The normalized spacial score (nSPS) is 15.9. The Labute approximate surface area is 262 Å². The number of carbonyl (C=O) groups excluding carboxylic acids is 2. The Morgan fingerprint density at radius 1 is 1.07 bits per heavy atom. The van der Waals surface area contributed by atoms with Crippen molar-refractivity contribution in [2.75, 3.05) is 18.6 Å². The van der Waals surface area contributed by atoms with Gasteiger partial charge in [0.25, 0.3) is 5.91 Å². The minimum absolute atomic E-state index is 0. The molecule has 2 aromatic rings. The topological polar surface area (TPSA) is 87.7 Å². The number of hydrogen-bond acceptors (Lipinski definition) is 6. The van der Waals surface area contributed by atoms with Crippen molar-refractivity contribution in [2.45, 2.75) is 97.0 Å². The van der Waals surface area contributed by atoms with Crippen molar-refractivity contribution in [3.63, 3.8) is 0 Å². The van der Waals surface area contributed by atoms with E-state index in [1.165, 1.54) is 43.9 Å². The van der Waals surface area contributed by atoms with E-state index in [4.69, 9.17) is 9.47 Å². The summed E-state index contributed by atoms with van der Waals surface area (Å²) in [6.45, 7) is 7.23. The number of ether oxygens (including phenoxy) is 2. The van der Waals surface area contributed by atoms with Gasteiger partial charge >= 0.3 is 18.9 Å². The fourth-order valence-corrected chi connectivity index (χ4v) is 5.75. The van der Waals surface area contributed by atoms with Gasteiger partial charge in [0.2, 0.25) is 0 Å². The molecule has 41 heavy (non-hydrogen) atoms. The van der Waals surface area contributed by atoms with Gasteiger partial charge < -0.3 is 24.7 Å². The molecule has 220 valence electrons. The summed E-state index contributed by atoms with van der Waals surface area (Å²) >= 11 is 1.53. The Morgan fingerprint density at radius 3 is 2.46 bits per heavy atom. The summed E-state index contributed by atoms with van der Waals surface area (Å²) in [6, 6.07) is 12.5. The molecule has 3 rings (SSSR count). The molecule has 1 aliphatic carbocycles. The molecule has 2 aromatic carbocycles. The quantitative estimate of drug-likeness (QED) is 0.310. The van der Waals surface area contributed by atoms with Crippen LogP contribution >= 0.6 is 11.8 Å². The molecule has 0 saturated heterocycles. The summed E-state index contributed by atoms with van der Waals surface area (Å²) in [5, 5.41) is 14.4. The summed E-state index contributed by atoms with van der Waals surface area (Å²) < 4.78 is 12.6. The van der Waals surface area contributed by atoms with E-state index < -0.39 is 17.9 Å². The number of carboxylic acids is 1. The standard InChI is InChI=1S/C33H47NO5S.Li/c1-5-24(3)38-22-27(19-25-12-7-6-8-13-25)39-21-26-15-16-29(30(20-26)28-14-10-9-11-23(28)2)32(35)34-31(33(36)37)17-18-40-4;/h9-11,14-16,20,24-25,27,31H,5-8,12-13,17-19,21-22H2,1-4H3,(H,34,35)(H,36,37);/q;+1/p-1/t24?,27?,31-;/m0./s1. The van der Waals surface area contributed by atoms with Gasteiger partial charge in [0.05, 0.1) is 37.4 Å². The minimum Gasteiger partial charge on any atom is -0.548 e. The molecule has 6 nitrogen and oxygen atoms in total. The first-order valence-electron chi connectivity index (χ1n) is 14.7. The molecule has 0 spiro atoms. The molecule has 0 heterocycles. The largest absolute Gasteiger partial charge is 1.00 e. The Bertz CT molecular complexity index is 1090. The number of thioether (sulfide) groups is 1. The van der Waals surface area contributed by atoms with Crippen LogP contribution in [-0.4, -0.2) is 48.7 Å². The van der Waals surface area contributed by atoms with Crippen LogP contribution in [0.5, 0.6) is 0 Å². The van der Waals surface area contributed by atoms with Gasteiger partial charge in [0.15, 0.2) is 0 Å².